The van der Waals surface area contributed by atoms with Gasteiger partial charge in [0.25, 0.3) is 0 Å². The van der Waals surface area contributed by atoms with Crippen LogP contribution in [-0.4, -0.2) is 20.9 Å². The Morgan fingerprint density at radius 2 is 2.09 bits per heavy atom. The van der Waals surface area contributed by atoms with Crippen LogP contribution in [0.2, 0.25) is 0 Å². The number of hydrogen-bond acceptors (Lipinski definition) is 3. The smallest absolute Gasteiger partial charge is 0.305 e. The topological polar surface area (TPSA) is 67.2 Å². The molecule has 0 aliphatic carbocycles. The Kier molecular flexibility index (Phi) is 4.98. The highest BCUT2D eigenvalue weighted by atomic mass is 16.4. The first-order valence-corrected chi connectivity index (χ1v) is 7.39. The lowest BCUT2D eigenvalue weighted by molar-refractivity contribution is -0.137. The molecule has 0 saturated heterocycles. The van der Waals surface area contributed by atoms with Crippen LogP contribution >= 0.6 is 0 Å². The molecule has 2 N–H and O–H groups in total. The van der Waals surface area contributed by atoms with Gasteiger partial charge in [0.1, 0.15) is 0 Å². The number of nitrogens with zero attached hydrogens (tertiary/aromatic N) is 2. The molecule has 0 bridgehead atoms. The van der Waals surface area contributed by atoms with Crippen molar-refractivity contribution in [2.45, 2.75) is 39.8 Å². The predicted octanol–water partition coefficient (Wildman–Crippen LogP) is 2.65. The van der Waals surface area contributed by atoms with Gasteiger partial charge in [0.05, 0.1) is 12.6 Å². The van der Waals surface area contributed by atoms with Crippen LogP contribution in [0.1, 0.15) is 40.4 Å². The van der Waals surface area contributed by atoms with Crippen molar-refractivity contribution < 1.29 is 9.90 Å². The van der Waals surface area contributed by atoms with Gasteiger partial charge < -0.3 is 10.4 Å². The van der Waals surface area contributed by atoms with Crippen LogP contribution in [0, 0.1) is 20.8 Å². The van der Waals surface area contributed by atoms with Crippen LogP contribution in [0.5, 0.6) is 0 Å². The van der Waals surface area contributed by atoms with Gasteiger partial charge in [-0.2, -0.15) is 5.10 Å². The van der Waals surface area contributed by atoms with Crippen molar-refractivity contribution in [3.8, 4) is 0 Å². The Morgan fingerprint density at radius 3 is 2.68 bits per heavy atom. The summed E-state index contributed by atoms with van der Waals surface area (Å²) in [4.78, 5) is 11.2. The average molecular weight is 301 g/mol. The van der Waals surface area contributed by atoms with Crippen molar-refractivity contribution in [1.29, 1.82) is 0 Å². The monoisotopic (exact) mass is 301 g/mol. The van der Waals surface area contributed by atoms with Crippen LogP contribution in [0.15, 0.2) is 24.4 Å². The van der Waals surface area contributed by atoms with E-state index < -0.39 is 5.97 Å². The summed E-state index contributed by atoms with van der Waals surface area (Å²) < 4.78 is 1.82. The van der Waals surface area contributed by atoms with Gasteiger partial charge in [0.15, 0.2) is 0 Å². The molecule has 1 aromatic carbocycles. The van der Waals surface area contributed by atoms with Crippen molar-refractivity contribution in [1.82, 2.24) is 15.1 Å². The normalized spacial score (nSPS) is 12.4. The molecule has 0 aliphatic heterocycles. The summed E-state index contributed by atoms with van der Waals surface area (Å²) in [5.41, 5.74) is 5.53. The highest BCUT2D eigenvalue weighted by Crippen LogP contribution is 2.24. The molecule has 0 fully saturated rings. The molecule has 2 aromatic rings. The lowest BCUT2D eigenvalue weighted by atomic mass is 9.95. The molecule has 2 rings (SSSR count). The molecular formula is C17H23N3O2. The molecule has 1 atom stereocenters. The van der Waals surface area contributed by atoms with E-state index in [1.54, 1.807) is 0 Å². The molecule has 5 heteroatoms. The molecule has 0 radical (unpaired) electrons. The predicted molar refractivity (Wildman–Crippen MR) is 85.7 cm³/mol. The second kappa shape index (κ2) is 6.75. The minimum Gasteiger partial charge on any atom is -0.481 e. The third-order valence-corrected chi connectivity index (χ3v) is 4.28. The average Bonchev–Trinajstić information content (AvgIpc) is 2.78. The number of carboxylic acids is 1. The van der Waals surface area contributed by atoms with Crippen molar-refractivity contribution in [2.24, 2.45) is 7.05 Å². The van der Waals surface area contributed by atoms with E-state index >= 15 is 0 Å². The Bertz CT molecular complexity index is 677. The standard InChI is InChI=1S/C17H23N3O2/c1-11-6-5-7-15(12(11)2)16(8-17(21)22)18-9-14-10-19-20(4)13(14)3/h5-7,10,16,18H,8-9H2,1-4H3,(H,21,22)/t16-/m1/s1. The van der Waals surface area contributed by atoms with Crippen LogP contribution in [0.3, 0.4) is 0 Å². The number of aliphatic carboxylic acids is 1. The molecule has 22 heavy (non-hydrogen) atoms. The fraction of sp³-hybridized carbons (Fsp3) is 0.412. The maximum absolute atomic E-state index is 11.2. The number of carboxylic acid groups (broad SMARTS) is 1. The summed E-state index contributed by atoms with van der Waals surface area (Å²) >= 11 is 0. The maximum atomic E-state index is 11.2. The lowest BCUT2D eigenvalue weighted by Gasteiger charge is -2.20. The Labute approximate surface area is 131 Å². The van der Waals surface area contributed by atoms with Crippen molar-refractivity contribution in [3.63, 3.8) is 0 Å². The van der Waals surface area contributed by atoms with E-state index in [4.69, 9.17) is 0 Å². The fourth-order valence-corrected chi connectivity index (χ4v) is 2.57. The first-order valence-electron chi connectivity index (χ1n) is 7.39. The first-order chi connectivity index (χ1) is 10.4. The third-order valence-electron chi connectivity index (χ3n) is 4.28. The number of nitrogens with one attached hydrogen (secondary N) is 1. The van der Waals surface area contributed by atoms with Gasteiger partial charge in [-0.3, -0.25) is 9.48 Å². The summed E-state index contributed by atoms with van der Waals surface area (Å²) in [5.74, 6) is -0.804. The highest BCUT2D eigenvalue weighted by molar-refractivity contribution is 5.68. The largest absolute Gasteiger partial charge is 0.481 e. The van der Waals surface area contributed by atoms with E-state index in [9.17, 15) is 9.90 Å². The van der Waals surface area contributed by atoms with Crippen molar-refractivity contribution in [3.05, 3.63) is 52.3 Å². The van der Waals surface area contributed by atoms with E-state index in [2.05, 4.69) is 10.4 Å². The molecule has 0 spiro atoms. The zero-order valence-corrected chi connectivity index (χ0v) is 13.6. The minimum atomic E-state index is -0.804. The summed E-state index contributed by atoms with van der Waals surface area (Å²) in [7, 11) is 1.90. The number of benzene rings is 1. The number of aryl methyl sites for hydroxylation is 2. The summed E-state index contributed by atoms with van der Waals surface area (Å²) in [6.07, 6.45) is 1.88. The summed E-state index contributed by atoms with van der Waals surface area (Å²) in [6.45, 7) is 6.69. The van der Waals surface area contributed by atoms with Gasteiger partial charge >= 0.3 is 5.97 Å². The van der Waals surface area contributed by atoms with E-state index in [1.807, 2.05) is 56.9 Å². The Balaban J connectivity index is 2.21. The molecule has 0 unspecified atom stereocenters. The second-order valence-corrected chi connectivity index (χ2v) is 5.70. The van der Waals surface area contributed by atoms with E-state index in [-0.39, 0.29) is 12.5 Å². The zero-order chi connectivity index (χ0) is 16.3. The van der Waals surface area contributed by atoms with Crippen LogP contribution in [-0.2, 0) is 18.4 Å². The molecule has 1 aromatic heterocycles. The van der Waals surface area contributed by atoms with Gasteiger partial charge in [0, 0.05) is 30.9 Å². The lowest BCUT2D eigenvalue weighted by Crippen LogP contribution is -2.24. The molecule has 0 aliphatic rings. The minimum absolute atomic E-state index is 0.0591. The maximum Gasteiger partial charge on any atom is 0.305 e. The molecular weight excluding hydrogens is 278 g/mol. The van der Waals surface area contributed by atoms with Crippen molar-refractivity contribution in [2.75, 3.05) is 0 Å². The summed E-state index contributed by atoms with van der Waals surface area (Å²) in [5, 5.41) is 16.8. The van der Waals surface area contributed by atoms with E-state index in [0.717, 1.165) is 22.4 Å². The van der Waals surface area contributed by atoms with Gasteiger partial charge in [-0.05, 0) is 37.5 Å². The number of rotatable bonds is 6. The Hall–Kier alpha value is -2.14. The number of hydrogen-bond donors (Lipinski definition) is 2. The van der Waals surface area contributed by atoms with Crippen LogP contribution in [0.4, 0.5) is 0 Å². The SMILES string of the molecule is Cc1cccc([C@@H](CC(=O)O)NCc2cnn(C)c2C)c1C. The van der Waals surface area contributed by atoms with Gasteiger partial charge in [-0.15, -0.1) is 0 Å². The molecule has 0 amide bonds. The van der Waals surface area contributed by atoms with Gasteiger partial charge in [-0.1, -0.05) is 18.2 Å². The molecule has 1 heterocycles. The Morgan fingerprint density at radius 1 is 1.36 bits per heavy atom. The quantitative estimate of drug-likeness (QED) is 0.861. The number of carbonyl (C=O) groups is 1. The van der Waals surface area contributed by atoms with Crippen LogP contribution in [0.25, 0.3) is 0 Å². The highest BCUT2D eigenvalue weighted by Gasteiger charge is 2.18. The first kappa shape index (κ1) is 16.2. The van der Waals surface area contributed by atoms with Gasteiger partial charge in [0.2, 0.25) is 0 Å². The number of aromatic nitrogens is 2. The second-order valence-electron chi connectivity index (χ2n) is 5.70. The summed E-state index contributed by atoms with van der Waals surface area (Å²) in [6, 6.07) is 5.81. The van der Waals surface area contributed by atoms with Crippen LogP contribution < -0.4 is 5.32 Å². The molecule has 0 saturated carbocycles. The molecule has 118 valence electrons. The van der Waals surface area contributed by atoms with E-state index in [0.29, 0.717) is 6.54 Å². The third kappa shape index (κ3) is 3.54. The zero-order valence-electron chi connectivity index (χ0n) is 13.6. The fourth-order valence-electron chi connectivity index (χ4n) is 2.57. The molecule has 5 nitrogen and oxygen atoms in total. The van der Waals surface area contributed by atoms with E-state index in [1.165, 1.54) is 5.56 Å². The van der Waals surface area contributed by atoms with Gasteiger partial charge in [-0.25, -0.2) is 0 Å². The van der Waals surface area contributed by atoms with Crippen molar-refractivity contribution >= 4 is 5.97 Å².